The number of fused-ring (bicyclic) bond motifs is 1. The minimum atomic E-state index is -0.791. The Morgan fingerprint density at radius 1 is 1.26 bits per heavy atom. The molecule has 0 unspecified atom stereocenters. The number of aryl methyl sites for hydroxylation is 1. The van der Waals surface area contributed by atoms with Gasteiger partial charge in [-0.3, -0.25) is 0 Å². The van der Waals surface area contributed by atoms with Crippen LogP contribution < -0.4 is 5.32 Å². The Kier molecular flexibility index (Phi) is 3.11. The van der Waals surface area contributed by atoms with E-state index in [1.807, 2.05) is 25.2 Å². The smallest absolute Gasteiger partial charge is 0.136 e. The van der Waals surface area contributed by atoms with E-state index in [1.165, 1.54) is 5.56 Å². The third-order valence-corrected chi connectivity index (χ3v) is 4.35. The summed E-state index contributed by atoms with van der Waals surface area (Å²) in [6, 6.07) is 8.65. The maximum Gasteiger partial charge on any atom is 0.136 e. The highest BCUT2D eigenvalue weighted by Gasteiger charge is 2.37. The Morgan fingerprint density at radius 3 is 2.68 bits per heavy atom. The third kappa shape index (κ3) is 2.28. The lowest BCUT2D eigenvalue weighted by molar-refractivity contribution is -0.0249. The van der Waals surface area contributed by atoms with E-state index in [-0.39, 0.29) is 0 Å². The Bertz CT molecular complexity index is 579. The van der Waals surface area contributed by atoms with Crippen molar-refractivity contribution in [1.82, 2.24) is 5.32 Å². The van der Waals surface area contributed by atoms with Gasteiger partial charge in [-0.15, -0.1) is 0 Å². The van der Waals surface area contributed by atoms with Crippen LogP contribution in [-0.4, -0.2) is 18.2 Å². The van der Waals surface area contributed by atoms with Crippen molar-refractivity contribution in [2.24, 2.45) is 0 Å². The van der Waals surface area contributed by atoms with Crippen molar-refractivity contribution in [1.29, 1.82) is 0 Å². The molecule has 0 aliphatic heterocycles. The van der Waals surface area contributed by atoms with E-state index >= 15 is 0 Å². The predicted octanol–water partition coefficient (Wildman–Crippen LogP) is 3.09. The standard InChI is InChI=1S/C16H21NO2/c1-11-3-4-14-12(9-11)10-15(19-14)16(18)7-5-13(17-2)6-8-16/h3-4,9-10,13,17-18H,5-8H2,1-2H3. The maximum absolute atomic E-state index is 10.8. The fraction of sp³-hybridized carbons (Fsp3) is 0.500. The molecule has 2 aromatic rings. The topological polar surface area (TPSA) is 45.4 Å². The molecule has 3 heteroatoms. The van der Waals surface area contributed by atoms with E-state index in [0.29, 0.717) is 6.04 Å². The van der Waals surface area contributed by atoms with Gasteiger partial charge in [-0.2, -0.15) is 0 Å². The Hall–Kier alpha value is -1.32. The van der Waals surface area contributed by atoms with Gasteiger partial charge in [-0.05, 0) is 57.9 Å². The molecular formula is C16H21NO2. The Balaban J connectivity index is 1.91. The van der Waals surface area contributed by atoms with Gasteiger partial charge in [0.25, 0.3) is 0 Å². The summed E-state index contributed by atoms with van der Waals surface area (Å²) in [4.78, 5) is 0. The normalized spacial score (nSPS) is 27.8. The zero-order valence-corrected chi connectivity index (χ0v) is 11.6. The van der Waals surface area contributed by atoms with Crippen molar-refractivity contribution >= 4 is 11.0 Å². The second kappa shape index (κ2) is 4.66. The van der Waals surface area contributed by atoms with Gasteiger partial charge in [0.2, 0.25) is 0 Å². The van der Waals surface area contributed by atoms with Crippen LogP contribution in [0, 0.1) is 6.92 Å². The van der Waals surface area contributed by atoms with Gasteiger partial charge >= 0.3 is 0 Å². The van der Waals surface area contributed by atoms with Gasteiger partial charge < -0.3 is 14.8 Å². The van der Waals surface area contributed by atoms with Gasteiger partial charge in [0.15, 0.2) is 0 Å². The van der Waals surface area contributed by atoms with Gasteiger partial charge in [0.05, 0.1) is 0 Å². The molecule has 2 N–H and O–H groups in total. The largest absolute Gasteiger partial charge is 0.458 e. The molecule has 1 aromatic heterocycles. The van der Waals surface area contributed by atoms with Gasteiger partial charge in [-0.1, -0.05) is 11.6 Å². The van der Waals surface area contributed by atoms with E-state index in [2.05, 4.69) is 18.3 Å². The molecule has 1 aliphatic carbocycles. The van der Waals surface area contributed by atoms with Crippen molar-refractivity contribution < 1.29 is 9.52 Å². The van der Waals surface area contributed by atoms with Crippen LogP contribution in [0.4, 0.5) is 0 Å². The van der Waals surface area contributed by atoms with Crippen LogP contribution >= 0.6 is 0 Å². The lowest BCUT2D eigenvalue weighted by Gasteiger charge is -2.34. The predicted molar refractivity (Wildman–Crippen MR) is 76.2 cm³/mol. The Labute approximate surface area is 113 Å². The van der Waals surface area contributed by atoms with Crippen molar-refractivity contribution in [2.45, 2.75) is 44.2 Å². The van der Waals surface area contributed by atoms with Crippen LogP contribution in [0.15, 0.2) is 28.7 Å². The number of hydrogen-bond donors (Lipinski definition) is 2. The first-order valence-corrected chi connectivity index (χ1v) is 7.01. The number of benzene rings is 1. The molecule has 0 radical (unpaired) electrons. The lowest BCUT2D eigenvalue weighted by atomic mass is 9.80. The number of aliphatic hydroxyl groups is 1. The number of furan rings is 1. The van der Waals surface area contributed by atoms with Crippen molar-refractivity contribution in [3.63, 3.8) is 0 Å². The first-order chi connectivity index (χ1) is 9.10. The van der Waals surface area contributed by atoms with E-state index < -0.39 is 5.60 Å². The molecule has 0 amide bonds. The highest BCUT2D eigenvalue weighted by atomic mass is 16.4. The van der Waals surface area contributed by atoms with Crippen molar-refractivity contribution in [3.05, 3.63) is 35.6 Å². The molecule has 1 aromatic carbocycles. The number of hydrogen-bond acceptors (Lipinski definition) is 3. The highest BCUT2D eigenvalue weighted by molar-refractivity contribution is 5.78. The summed E-state index contributed by atoms with van der Waals surface area (Å²) in [7, 11) is 1.99. The first-order valence-electron chi connectivity index (χ1n) is 7.01. The van der Waals surface area contributed by atoms with E-state index in [9.17, 15) is 5.11 Å². The van der Waals surface area contributed by atoms with Gasteiger partial charge in [-0.25, -0.2) is 0 Å². The summed E-state index contributed by atoms with van der Waals surface area (Å²) < 4.78 is 5.86. The van der Waals surface area contributed by atoms with Crippen LogP contribution in [-0.2, 0) is 5.60 Å². The second-order valence-corrected chi connectivity index (χ2v) is 5.75. The van der Waals surface area contributed by atoms with Gasteiger partial charge in [0, 0.05) is 11.4 Å². The summed E-state index contributed by atoms with van der Waals surface area (Å²) in [5, 5.41) is 15.2. The Morgan fingerprint density at radius 2 is 2.00 bits per heavy atom. The molecule has 3 rings (SSSR count). The second-order valence-electron chi connectivity index (χ2n) is 5.75. The summed E-state index contributed by atoms with van der Waals surface area (Å²) in [6.45, 7) is 2.07. The molecular weight excluding hydrogens is 238 g/mol. The van der Waals surface area contributed by atoms with Crippen LogP contribution in [0.2, 0.25) is 0 Å². The van der Waals surface area contributed by atoms with Gasteiger partial charge in [0.1, 0.15) is 16.9 Å². The minimum Gasteiger partial charge on any atom is -0.458 e. The quantitative estimate of drug-likeness (QED) is 0.871. The maximum atomic E-state index is 10.8. The fourth-order valence-electron chi connectivity index (χ4n) is 3.02. The van der Waals surface area contributed by atoms with Crippen LogP contribution in [0.3, 0.4) is 0 Å². The van der Waals surface area contributed by atoms with E-state index in [1.54, 1.807) is 0 Å². The van der Waals surface area contributed by atoms with Crippen molar-refractivity contribution in [3.8, 4) is 0 Å². The fourth-order valence-corrected chi connectivity index (χ4v) is 3.02. The molecule has 0 atom stereocenters. The van der Waals surface area contributed by atoms with E-state index in [0.717, 1.165) is 42.4 Å². The molecule has 19 heavy (non-hydrogen) atoms. The SMILES string of the molecule is CNC1CCC(O)(c2cc3cc(C)ccc3o2)CC1. The molecule has 1 saturated carbocycles. The zero-order chi connectivity index (χ0) is 13.5. The zero-order valence-electron chi connectivity index (χ0n) is 11.6. The molecule has 0 saturated heterocycles. The lowest BCUT2D eigenvalue weighted by Crippen LogP contribution is -2.38. The molecule has 1 heterocycles. The monoisotopic (exact) mass is 259 g/mol. The first kappa shape index (κ1) is 12.7. The molecule has 3 nitrogen and oxygen atoms in total. The summed E-state index contributed by atoms with van der Waals surface area (Å²) in [5.74, 6) is 0.725. The molecule has 1 aliphatic rings. The van der Waals surface area contributed by atoms with Crippen molar-refractivity contribution in [2.75, 3.05) is 7.05 Å². The van der Waals surface area contributed by atoms with Crippen LogP contribution in [0.25, 0.3) is 11.0 Å². The van der Waals surface area contributed by atoms with Crippen LogP contribution in [0.1, 0.15) is 37.0 Å². The average molecular weight is 259 g/mol. The highest BCUT2D eigenvalue weighted by Crippen LogP contribution is 2.39. The number of nitrogens with one attached hydrogen (secondary N) is 1. The number of rotatable bonds is 2. The molecule has 102 valence electrons. The van der Waals surface area contributed by atoms with E-state index in [4.69, 9.17) is 4.42 Å². The molecule has 0 spiro atoms. The summed E-state index contributed by atoms with van der Waals surface area (Å²) >= 11 is 0. The average Bonchev–Trinajstić information content (AvgIpc) is 2.83. The summed E-state index contributed by atoms with van der Waals surface area (Å²) in [6.07, 6.45) is 3.50. The van der Waals surface area contributed by atoms with Crippen LogP contribution in [0.5, 0.6) is 0 Å². The third-order valence-electron chi connectivity index (χ3n) is 4.35. The summed E-state index contributed by atoms with van der Waals surface area (Å²) in [5.41, 5.74) is 1.29. The molecule has 1 fully saturated rings. The minimum absolute atomic E-state index is 0.520. The molecule has 0 bridgehead atoms.